The molecule has 0 N–H and O–H groups in total. The van der Waals surface area contributed by atoms with E-state index in [9.17, 15) is 0 Å². The van der Waals surface area contributed by atoms with Gasteiger partial charge in [-0.25, -0.2) is 0 Å². The minimum Gasteiger partial charge on any atom is -0.0807 e. The van der Waals surface area contributed by atoms with Gasteiger partial charge >= 0.3 is 0 Å². The van der Waals surface area contributed by atoms with Crippen LogP contribution in [0.25, 0.3) is 10.9 Å². The molecule has 22 heavy (non-hydrogen) atoms. The Kier molecular flexibility index (Phi) is 4.71. The lowest BCUT2D eigenvalue weighted by Crippen LogP contribution is -2.00. The molecular weight excluding hydrogens is 283 g/mol. The molecule has 110 valence electrons. The fourth-order valence-corrected chi connectivity index (χ4v) is 4.41. The van der Waals surface area contributed by atoms with Gasteiger partial charge in [0.25, 0.3) is 0 Å². The van der Waals surface area contributed by atoms with Crippen LogP contribution in [0.4, 0.5) is 0 Å². The lowest BCUT2D eigenvalue weighted by molar-refractivity contribution is 1.12. The Labute approximate surface area is 134 Å². The first-order valence-corrected chi connectivity index (χ1v) is 9.88. The van der Waals surface area contributed by atoms with Gasteiger partial charge in [-0.15, -0.1) is 0 Å². The first-order valence-electron chi connectivity index (χ1n) is 7.64. The lowest BCUT2D eigenvalue weighted by atomic mass is 9.91. The van der Waals surface area contributed by atoms with E-state index in [2.05, 4.69) is 98.3 Å². The molecule has 0 aliphatic heterocycles. The van der Waals surface area contributed by atoms with Gasteiger partial charge in [0.1, 0.15) is 0 Å². The third-order valence-electron chi connectivity index (χ3n) is 3.92. The van der Waals surface area contributed by atoms with E-state index >= 15 is 0 Å². The molecule has 3 rings (SSSR count). The van der Waals surface area contributed by atoms with E-state index in [1.54, 1.807) is 0 Å². The van der Waals surface area contributed by atoms with Crippen molar-refractivity contribution in [1.29, 1.82) is 0 Å². The molecule has 0 saturated heterocycles. The van der Waals surface area contributed by atoms with Crippen molar-refractivity contribution in [3.63, 3.8) is 0 Å². The highest BCUT2D eigenvalue weighted by atomic mass is 31.1. The van der Waals surface area contributed by atoms with Crippen LogP contribution in [0.2, 0.25) is 0 Å². The summed E-state index contributed by atoms with van der Waals surface area (Å²) in [4.78, 5) is 0. The second-order valence-electron chi connectivity index (χ2n) is 5.68. The number of rotatable bonds is 4. The Balaban J connectivity index is 2.24. The van der Waals surface area contributed by atoms with Crippen molar-refractivity contribution in [3.8, 4) is 0 Å². The Bertz CT molecular complexity index is 694. The zero-order valence-corrected chi connectivity index (χ0v) is 14.0. The number of allylic oxidation sites excluding steroid dienone is 5. The molecule has 0 fully saturated rings. The average Bonchev–Trinajstić information content (AvgIpc) is 3.07. The predicted molar refractivity (Wildman–Crippen MR) is 100 cm³/mol. The van der Waals surface area contributed by atoms with E-state index in [1.807, 2.05) is 0 Å². The smallest absolute Gasteiger partial charge is 0.0217 e. The minimum atomic E-state index is -0.207. The standard InChI is InChI=1S/C21H21P/c1-22(2)21(19-15-7-4-8-16-19)20(18-13-9-10-14-18)17-11-5-3-6-12-17/h3-16,18H,1-2H3. The number of hydrogen-bond acceptors (Lipinski definition) is 0. The molecular formula is C21H21P. The van der Waals surface area contributed by atoms with Gasteiger partial charge in [0, 0.05) is 5.92 Å². The molecule has 0 heterocycles. The largest absolute Gasteiger partial charge is 0.0807 e. The van der Waals surface area contributed by atoms with Crippen molar-refractivity contribution in [2.75, 3.05) is 13.3 Å². The maximum Gasteiger partial charge on any atom is 0.0217 e. The van der Waals surface area contributed by atoms with Crippen LogP contribution < -0.4 is 0 Å². The topological polar surface area (TPSA) is 0 Å². The third kappa shape index (κ3) is 3.13. The second-order valence-corrected chi connectivity index (χ2v) is 7.92. The van der Waals surface area contributed by atoms with Gasteiger partial charge in [0.05, 0.1) is 0 Å². The molecule has 0 unspecified atom stereocenters. The molecule has 0 bridgehead atoms. The molecule has 0 aromatic heterocycles. The molecule has 2 aromatic carbocycles. The highest BCUT2D eigenvalue weighted by Gasteiger charge is 2.20. The molecule has 0 nitrogen and oxygen atoms in total. The Morgan fingerprint density at radius 1 is 0.727 bits per heavy atom. The SMILES string of the molecule is CP(C)C(=C(c1ccccc1)C1C=CC=C1)c1ccccc1. The zero-order valence-electron chi connectivity index (χ0n) is 13.1. The molecule has 2 aromatic rings. The van der Waals surface area contributed by atoms with Crippen molar-refractivity contribution >= 4 is 18.8 Å². The van der Waals surface area contributed by atoms with E-state index in [-0.39, 0.29) is 7.92 Å². The van der Waals surface area contributed by atoms with Crippen molar-refractivity contribution in [3.05, 3.63) is 96.1 Å². The normalized spacial score (nSPS) is 15.4. The van der Waals surface area contributed by atoms with Crippen LogP contribution in [0.5, 0.6) is 0 Å². The van der Waals surface area contributed by atoms with Gasteiger partial charge in [0.2, 0.25) is 0 Å². The van der Waals surface area contributed by atoms with Crippen molar-refractivity contribution in [2.24, 2.45) is 5.92 Å². The fraction of sp³-hybridized carbons (Fsp3) is 0.143. The molecule has 0 atom stereocenters. The predicted octanol–water partition coefficient (Wildman–Crippen LogP) is 6.04. The summed E-state index contributed by atoms with van der Waals surface area (Å²) in [6.07, 6.45) is 8.90. The summed E-state index contributed by atoms with van der Waals surface area (Å²) in [6, 6.07) is 21.7. The summed E-state index contributed by atoms with van der Waals surface area (Å²) in [7, 11) is -0.207. The van der Waals surface area contributed by atoms with Crippen LogP contribution >= 0.6 is 7.92 Å². The van der Waals surface area contributed by atoms with Crippen LogP contribution in [0.1, 0.15) is 11.1 Å². The summed E-state index contributed by atoms with van der Waals surface area (Å²) < 4.78 is 0. The summed E-state index contributed by atoms with van der Waals surface area (Å²) in [5.41, 5.74) is 4.14. The Morgan fingerprint density at radius 2 is 1.23 bits per heavy atom. The van der Waals surface area contributed by atoms with E-state index < -0.39 is 0 Å². The van der Waals surface area contributed by atoms with Crippen LogP contribution in [-0.2, 0) is 0 Å². The molecule has 1 heteroatoms. The van der Waals surface area contributed by atoms with Gasteiger partial charge in [-0.05, 0) is 35.3 Å². The molecule has 0 saturated carbocycles. The summed E-state index contributed by atoms with van der Waals surface area (Å²) >= 11 is 0. The van der Waals surface area contributed by atoms with Crippen LogP contribution in [0, 0.1) is 5.92 Å². The quantitative estimate of drug-likeness (QED) is 0.477. The van der Waals surface area contributed by atoms with Crippen LogP contribution in [-0.4, -0.2) is 13.3 Å². The van der Waals surface area contributed by atoms with E-state index in [0.717, 1.165) is 0 Å². The van der Waals surface area contributed by atoms with Crippen molar-refractivity contribution < 1.29 is 0 Å². The summed E-state index contributed by atoms with van der Waals surface area (Å²) in [5, 5.41) is 1.50. The van der Waals surface area contributed by atoms with Gasteiger partial charge in [-0.1, -0.05) is 92.9 Å². The van der Waals surface area contributed by atoms with E-state index in [1.165, 1.54) is 22.0 Å². The molecule has 0 amide bonds. The van der Waals surface area contributed by atoms with Crippen LogP contribution in [0.3, 0.4) is 0 Å². The molecule has 1 aliphatic rings. The highest BCUT2D eigenvalue weighted by molar-refractivity contribution is 7.67. The number of benzene rings is 2. The maximum absolute atomic E-state index is 2.35. The maximum atomic E-state index is 2.35. The van der Waals surface area contributed by atoms with Gasteiger partial charge in [-0.3, -0.25) is 0 Å². The second kappa shape index (κ2) is 6.90. The van der Waals surface area contributed by atoms with Crippen molar-refractivity contribution in [1.82, 2.24) is 0 Å². The molecule has 0 radical (unpaired) electrons. The van der Waals surface area contributed by atoms with Crippen LogP contribution in [0.15, 0.2) is 85.0 Å². The number of hydrogen-bond donors (Lipinski definition) is 0. The first-order chi connectivity index (χ1) is 10.8. The van der Waals surface area contributed by atoms with E-state index in [4.69, 9.17) is 0 Å². The summed E-state index contributed by atoms with van der Waals surface area (Å²) in [6.45, 7) is 4.70. The monoisotopic (exact) mass is 304 g/mol. The minimum absolute atomic E-state index is 0.207. The molecule has 1 aliphatic carbocycles. The van der Waals surface area contributed by atoms with Gasteiger partial charge in [0.15, 0.2) is 0 Å². The van der Waals surface area contributed by atoms with Gasteiger partial charge in [-0.2, -0.15) is 0 Å². The van der Waals surface area contributed by atoms with Gasteiger partial charge < -0.3 is 0 Å². The lowest BCUT2D eigenvalue weighted by Gasteiger charge is -2.22. The third-order valence-corrected chi connectivity index (χ3v) is 5.31. The molecule has 0 spiro atoms. The van der Waals surface area contributed by atoms with Crippen molar-refractivity contribution in [2.45, 2.75) is 0 Å². The Hall–Kier alpha value is -1.91. The zero-order chi connectivity index (χ0) is 15.4. The Morgan fingerprint density at radius 3 is 1.73 bits per heavy atom. The highest BCUT2D eigenvalue weighted by Crippen LogP contribution is 2.51. The summed E-state index contributed by atoms with van der Waals surface area (Å²) in [5.74, 6) is 0.377. The van der Waals surface area contributed by atoms with E-state index in [0.29, 0.717) is 5.92 Å². The average molecular weight is 304 g/mol. The fourth-order valence-electron chi connectivity index (χ4n) is 2.98. The first kappa shape index (κ1) is 15.0.